The first kappa shape index (κ1) is 15.9. The van der Waals surface area contributed by atoms with Crippen molar-refractivity contribution in [3.63, 3.8) is 0 Å². The molecule has 0 unspecified atom stereocenters. The molecule has 0 saturated heterocycles. The predicted octanol–water partition coefficient (Wildman–Crippen LogP) is 3.21. The van der Waals surface area contributed by atoms with Crippen LogP contribution in [-0.2, 0) is 16.1 Å². The second-order valence-electron chi connectivity index (χ2n) is 8.01. The van der Waals surface area contributed by atoms with Crippen LogP contribution in [0.5, 0.6) is 5.75 Å². The zero-order chi connectivity index (χ0) is 16.9. The Balaban J connectivity index is 1.46. The maximum absolute atomic E-state index is 13.7. The maximum Gasteiger partial charge on any atom is 0.312 e. The highest BCUT2D eigenvalue weighted by atomic mass is 19.1. The minimum absolute atomic E-state index is 0.0509. The van der Waals surface area contributed by atoms with Gasteiger partial charge in [0.1, 0.15) is 6.61 Å². The Morgan fingerprint density at radius 2 is 2.00 bits per heavy atom. The van der Waals surface area contributed by atoms with Gasteiger partial charge in [-0.25, -0.2) is 4.39 Å². The molecule has 5 heteroatoms. The van der Waals surface area contributed by atoms with E-state index in [0.717, 1.165) is 32.1 Å². The van der Waals surface area contributed by atoms with Gasteiger partial charge in [0.2, 0.25) is 0 Å². The van der Waals surface area contributed by atoms with E-state index in [2.05, 4.69) is 0 Å². The lowest BCUT2D eigenvalue weighted by molar-refractivity contribution is -0.197. The Kier molecular flexibility index (Phi) is 3.60. The van der Waals surface area contributed by atoms with Crippen LogP contribution in [0.4, 0.5) is 4.39 Å². The van der Waals surface area contributed by atoms with Crippen LogP contribution in [0.2, 0.25) is 0 Å². The van der Waals surface area contributed by atoms with Crippen LogP contribution in [0, 0.1) is 23.1 Å². The molecule has 4 aliphatic rings. The first-order chi connectivity index (χ1) is 11.4. The van der Waals surface area contributed by atoms with E-state index in [1.54, 1.807) is 6.07 Å². The van der Waals surface area contributed by atoms with Gasteiger partial charge in [-0.15, -0.1) is 0 Å². The molecule has 130 valence electrons. The van der Waals surface area contributed by atoms with Crippen LogP contribution in [0.3, 0.4) is 0 Å². The summed E-state index contributed by atoms with van der Waals surface area (Å²) < 4.78 is 24.2. The minimum Gasteiger partial charge on any atom is -0.494 e. The largest absolute Gasteiger partial charge is 0.494 e. The summed E-state index contributed by atoms with van der Waals surface area (Å²) in [6, 6.07) is 4.56. The van der Waals surface area contributed by atoms with Crippen LogP contribution in [0.25, 0.3) is 0 Å². The third kappa shape index (κ3) is 2.59. The quantitative estimate of drug-likeness (QED) is 0.859. The summed E-state index contributed by atoms with van der Waals surface area (Å²) in [5.41, 5.74) is -0.621. The van der Waals surface area contributed by atoms with Gasteiger partial charge in [-0.2, -0.15) is 0 Å². The molecule has 0 aromatic heterocycles. The number of rotatable bonds is 4. The van der Waals surface area contributed by atoms with Gasteiger partial charge in [-0.05, 0) is 68.1 Å². The smallest absolute Gasteiger partial charge is 0.312 e. The summed E-state index contributed by atoms with van der Waals surface area (Å²) in [4.78, 5) is 12.8. The van der Waals surface area contributed by atoms with E-state index in [9.17, 15) is 14.3 Å². The number of carbonyl (C=O) groups excluding carboxylic acids is 1. The molecule has 24 heavy (non-hydrogen) atoms. The Morgan fingerprint density at radius 3 is 2.58 bits per heavy atom. The lowest BCUT2D eigenvalue weighted by Crippen LogP contribution is -2.58. The molecule has 0 radical (unpaired) electrons. The summed E-state index contributed by atoms with van der Waals surface area (Å²) in [5, 5.41) is 10.7. The van der Waals surface area contributed by atoms with Crippen molar-refractivity contribution in [2.24, 2.45) is 17.3 Å². The molecule has 4 fully saturated rings. The Morgan fingerprint density at radius 1 is 1.29 bits per heavy atom. The fourth-order valence-corrected chi connectivity index (χ4v) is 5.55. The van der Waals surface area contributed by atoms with Crippen LogP contribution in [0.1, 0.15) is 44.1 Å². The second kappa shape index (κ2) is 5.45. The molecule has 1 aromatic carbocycles. The van der Waals surface area contributed by atoms with Crippen molar-refractivity contribution in [1.29, 1.82) is 0 Å². The van der Waals surface area contributed by atoms with Gasteiger partial charge in [0, 0.05) is 0 Å². The first-order valence-electron chi connectivity index (χ1n) is 8.63. The van der Waals surface area contributed by atoms with E-state index in [1.165, 1.54) is 19.2 Å². The van der Waals surface area contributed by atoms with E-state index in [4.69, 9.17) is 9.47 Å². The van der Waals surface area contributed by atoms with E-state index < -0.39 is 16.8 Å². The van der Waals surface area contributed by atoms with Crippen LogP contribution in [-0.4, -0.2) is 23.8 Å². The van der Waals surface area contributed by atoms with Gasteiger partial charge >= 0.3 is 5.97 Å². The van der Waals surface area contributed by atoms with Gasteiger partial charge in [-0.1, -0.05) is 6.07 Å². The Labute approximate surface area is 141 Å². The zero-order valence-corrected chi connectivity index (χ0v) is 13.9. The molecule has 0 spiro atoms. The molecule has 5 rings (SSSR count). The van der Waals surface area contributed by atoms with Crippen molar-refractivity contribution < 1.29 is 23.8 Å². The average molecular weight is 334 g/mol. The lowest BCUT2D eigenvalue weighted by Gasteiger charge is -2.58. The topological polar surface area (TPSA) is 55.8 Å². The molecule has 4 bridgehead atoms. The summed E-state index contributed by atoms with van der Waals surface area (Å²) in [6.07, 6.45) is 4.93. The third-order valence-electron chi connectivity index (χ3n) is 6.05. The molecule has 1 N–H and O–H groups in total. The second-order valence-corrected chi connectivity index (χ2v) is 8.01. The summed E-state index contributed by atoms with van der Waals surface area (Å²) in [7, 11) is 1.41. The van der Waals surface area contributed by atoms with Gasteiger partial charge in [0.25, 0.3) is 0 Å². The molecular weight excluding hydrogens is 311 g/mol. The highest BCUT2D eigenvalue weighted by Gasteiger charge is 2.60. The molecule has 4 saturated carbocycles. The van der Waals surface area contributed by atoms with E-state index >= 15 is 0 Å². The number of esters is 1. The predicted molar refractivity (Wildman–Crippen MR) is 84.8 cm³/mol. The zero-order valence-electron chi connectivity index (χ0n) is 13.9. The van der Waals surface area contributed by atoms with E-state index in [-0.39, 0.29) is 18.3 Å². The number of hydrogen-bond acceptors (Lipinski definition) is 4. The van der Waals surface area contributed by atoms with Gasteiger partial charge < -0.3 is 14.6 Å². The number of hydrogen-bond donors (Lipinski definition) is 1. The van der Waals surface area contributed by atoms with Gasteiger partial charge in [0.15, 0.2) is 11.6 Å². The Hall–Kier alpha value is -1.62. The van der Waals surface area contributed by atoms with Crippen LogP contribution < -0.4 is 4.74 Å². The fraction of sp³-hybridized carbons (Fsp3) is 0.632. The molecule has 1 aromatic rings. The third-order valence-corrected chi connectivity index (χ3v) is 6.05. The minimum atomic E-state index is -0.685. The van der Waals surface area contributed by atoms with Crippen LogP contribution >= 0.6 is 0 Å². The highest BCUT2D eigenvalue weighted by Crippen LogP contribution is 2.62. The van der Waals surface area contributed by atoms with Gasteiger partial charge in [-0.3, -0.25) is 4.79 Å². The number of carbonyl (C=O) groups is 1. The Bertz CT molecular complexity index is 657. The number of aliphatic hydroxyl groups is 1. The van der Waals surface area contributed by atoms with Crippen molar-refractivity contribution in [1.82, 2.24) is 0 Å². The van der Waals surface area contributed by atoms with E-state index in [1.807, 2.05) is 0 Å². The first-order valence-corrected chi connectivity index (χ1v) is 8.63. The van der Waals surface area contributed by atoms with Crippen molar-refractivity contribution >= 4 is 5.97 Å². The molecule has 2 atom stereocenters. The molecule has 0 amide bonds. The highest BCUT2D eigenvalue weighted by molar-refractivity contribution is 5.77. The number of benzene rings is 1. The normalized spacial score (nSPS) is 36.6. The van der Waals surface area contributed by atoms with Crippen molar-refractivity contribution in [2.45, 2.75) is 50.7 Å². The standard InChI is InChI=1S/C19H23FO4/c1-23-16-3-2-12(5-15(16)20)10-24-17(21)18-6-13-4-14(7-18)9-19(22,8-13)11-18/h2-3,5,13-14,22H,4,6-11H2,1H3/t13-,14-,18?,19?/m0/s1. The summed E-state index contributed by atoms with van der Waals surface area (Å²) >= 11 is 0. The van der Waals surface area contributed by atoms with Crippen molar-refractivity contribution in [3.05, 3.63) is 29.6 Å². The SMILES string of the molecule is COc1ccc(COC(=O)C23C[C@@H]4C[C@H](CC(O)(C4)C2)C3)cc1F. The van der Waals surface area contributed by atoms with Crippen LogP contribution in [0.15, 0.2) is 18.2 Å². The van der Waals surface area contributed by atoms with Gasteiger partial charge in [0.05, 0.1) is 18.1 Å². The fourth-order valence-electron chi connectivity index (χ4n) is 5.55. The maximum atomic E-state index is 13.7. The van der Waals surface area contributed by atoms with Crippen molar-refractivity contribution in [3.8, 4) is 5.75 Å². The number of methoxy groups -OCH3 is 1. The summed E-state index contributed by atoms with van der Waals surface area (Å²) in [6.45, 7) is 0.0509. The molecule has 4 nitrogen and oxygen atoms in total. The number of ether oxygens (including phenoxy) is 2. The monoisotopic (exact) mass is 334 g/mol. The molecular formula is C19H23FO4. The lowest BCUT2D eigenvalue weighted by atomic mass is 9.48. The molecule has 0 heterocycles. The molecule has 4 aliphatic carbocycles. The van der Waals surface area contributed by atoms with E-state index in [0.29, 0.717) is 23.8 Å². The summed E-state index contributed by atoms with van der Waals surface area (Å²) in [5.74, 6) is 0.347. The average Bonchev–Trinajstić information content (AvgIpc) is 2.50. The number of halogens is 1. The molecule has 0 aliphatic heterocycles. The van der Waals surface area contributed by atoms with Crippen molar-refractivity contribution in [2.75, 3.05) is 7.11 Å².